The van der Waals surface area contributed by atoms with Crippen molar-refractivity contribution in [1.82, 2.24) is 0 Å². The van der Waals surface area contributed by atoms with E-state index in [9.17, 15) is 0 Å². The highest BCUT2D eigenvalue weighted by Crippen LogP contribution is 2.56. The Hall–Kier alpha value is -3.90. The lowest BCUT2D eigenvalue weighted by molar-refractivity contribution is 0.766. The minimum atomic E-state index is -0.326. The first-order valence-corrected chi connectivity index (χ1v) is 11.7. The topological polar surface area (TPSA) is 0 Å². The van der Waals surface area contributed by atoms with E-state index in [1.165, 1.54) is 50.1 Å². The van der Waals surface area contributed by atoms with Gasteiger partial charge in [-0.25, -0.2) is 0 Å². The van der Waals surface area contributed by atoms with Gasteiger partial charge in [0.2, 0.25) is 0 Å². The molecule has 6 rings (SSSR count). The van der Waals surface area contributed by atoms with Crippen molar-refractivity contribution < 1.29 is 0 Å². The highest BCUT2D eigenvalue weighted by atomic mass is 14.5. The van der Waals surface area contributed by atoms with Gasteiger partial charge in [0.1, 0.15) is 0 Å². The Morgan fingerprint density at radius 3 is 1.73 bits per heavy atom. The molecule has 0 saturated carbocycles. The molecule has 0 heterocycles. The van der Waals surface area contributed by atoms with Crippen LogP contribution in [0.1, 0.15) is 38.9 Å². The Morgan fingerprint density at radius 2 is 1.06 bits per heavy atom. The van der Waals surface area contributed by atoms with E-state index in [4.69, 9.17) is 0 Å². The lowest BCUT2D eigenvalue weighted by atomic mass is 9.67. The van der Waals surface area contributed by atoms with Crippen LogP contribution < -0.4 is 0 Å². The molecular weight excluding hydrogens is 396 g/mol. The Balaban J connectivity index is 1.63. The first kappa shape index (κ1) is 19.8. The summed E-state index contributed by atoms with van der Waals surface area (Å²) < 4.78 is 0. The number of fused-ring (bicyclic) bond motifs is 3. The smallest absolute Gasteiger partial charge is 0.0622 e. The summed E-state index contributed by atoms with van der Waals surface area (Å²) >= 11 is 0. The molecule has 0 fully saturated rings. The van der Waals surface area contributed by atoms with Gasteiger partial charge in [0, 0.05) is 0 Å². The molecule has 0 unspecified atom stereocenters. The largest absolute Gasteiger partial charge is 0.0713 e. The van der Waals surface area contributed by atoms with Crippen LogP contribution in [0.5, 0.6) is 0 Å². The van der Waals surface area contributed by atoms with Gasteiger partial charge in [0.25, 0.3) is 0 Å². The zero-order chi connectivity index (χ0) is 22.3. The molecule has 0 saturated heterocycles. The van der Waals surface area contributed by atoms with Crippen molar-refractivity contribution in [3.05, 3.63) is 166 Å². The molecule has 0 amide bonds. The van der Waals surface area contributed by atoms with Crippen molar-refractivity contribution in [3.63, 3.8) is 0 Å². The number of hydrogen-bond acceptors (Lipinski definition) is 0. The third-order valence-electron chi connectivity index (χ3n) is 7.05. The Kier molecular flexibility index (Phi) is 4.73. The minimum Gasteiger partial charge on any atom is -0.0622 e. The van der Waals surface area contributed by atoms with Gasteiger partial charge in [-0.05, 0) is 57.9 Å². The average molecular weight is 423 g/mol. The van der Waals surface area contributed by atoms with Gasteiger partial charge < -0.3 is 0 Å². The van der Waals surface area contributed by atoms with E-state index >= 15 is 0 Å². The molecular formula is C33H26. The van der Waals surface area contributed by atoms with Crippen LogP contribution in [0.3, 0.4) is 0 Å². The van der Waals surface area contributed by atoms with Gasteiger partial charge in [0.05, 0.1) is 5.41 Å². The highest BCUT2D eigenvalue weighted by Gasteiger charge is 2.45. The van der Waals surface area contributed by atoms with Crippen molar-refractivity contribution in [3.8, 4) is 11.1 Å². The highest BCUT2D eigenvalue weighted by molar-refractivity contribution is 5.86. The third kappa shape index (κ3) is 3.14. The number of aryl methyl sites for hydroxylation is 1. The molecule has 5 aromatic carbocycles. The fraction of sp³-hybridized carbons (Fsp3) is 0.0909. The summed E-state index contributed by atoms with van der Waals surface area (Å²) in [7, 11) is 0. The fourth-order valence-electron chi connectivity index (χ4n) is 5.57. The maximum absolute atomic E-state index is 2.42. The van der Waals surface area contributed by atoms with Gasteiger partial charge in [-0.2, -0.15) is 0 Å². The molecule has 0 bridgehead atoms. The molecule has 0 aromatic heterocycles. The van der Waals surface area contributed by atoms with E-state index < -0.39 is 0 Å². The van der Waals surface area contributed by atoms with Gasteiger partial charge in [0.15, 0.2) is 0 Å². The maximum Gasteiger partial charge on any atom is 0.0713 e. The van der Waals surface area contributed by atoms with Gasteiger partial charge in [-0.1, -0.05) is 133 Å². The predicted molar refractivity (Wildman–Crippen MR) is 138 cm³/mol. The summed E-state index contributed by atoms with van der Waals surface area (Å²) in [5, 5.41) is 0. The second-order valence-electron chi connectivity index (χ2n) is 9.07. The summed E-state index contributed by atoms with van der Waals surface area (Å²) in [5.41, 5.74) is 11.7. The van der Waals surface area contributed by atoms with Crippen LogP contribution in [0.4, 0.5) is 0 Å². The maximum atomic E-state index is 2.42. The third-order valence-corrected chi connectivity index (χ3v) is 7.05. The van der Waals surface area contributed by atoms with E-state index in [0.29, 0.717) is 0 Å². The molecule has 158 valence electrons. The van der Waals surface area contributed by atoms with Crippen LogP contribution in [0.2, 0.25) is 0 Å². The number of rotatable bonds is 4. The molecule has 0 aliphatic heterocycles. The van der Waals surface area contributed by atoms with E-state index in [1.54, 1.807) is 0 Å². The molecule has 5 aromatic rings. The molecule has 1 aliphatic carbocycles. The predicted octanol–water partition coefficient (Wildman–Crippen LogP) is 7.95. The second-order valence-corrected chi connectivity index (χ2v) is 9.07. The lowest BCUT2D eigenvalue weighted by Crippen LogP contribution is -2.28. The molecule has 1 aliphatic rings. The molecule has 33 heavy (non-hydrogen) atoms. The van der Waals surface area contributed by atoms with E-state index in [-0.39, 0.29) is 5.41 Å². The van der Waals surface area contributed by atoms with Crippen LogP contribution >= 0.6 is 0 Å². The molecule has 0 atom stereocenters. The zero-order valence-corrected chi connectivity index (χ0v) is 18.8. The molecule has 0 nitrogen and oxygen atoms in total. The van der Waals surface area contributed by atoms with Crippen molar-refractivity contribution >= 4 is 0 Å². The molecule has 0 radical (unpaired) electrons. The van der Waals surface area contributed by atoms with Crippen LogP contribution in [0.25, 0.3) is 11.1 Å². The zero-order valence-electron chi connectivity index (χ0n) is 18.8. The summed E-state index contributed by atoms with van der Waals surface area (Å²) in [4.78, 5) is 0. The van der Waals surface area contributed by atoms with Gasteiger partial charge in [-0.3, -0.25) is 0 Å². The van der Waals surface area contributed by atoms with Crippen molar-refractivity contribution in [1.29, 1.82) is 0 Å². The van der Waals surface area contributed by atoms with Gasteiger partial charge in [-0.15, -0.1) is 0 Å². The number of hydrogen-bond donors (Lipinski definition) is 0. The summed E-state index contributed by atoms with van der Waals surface area (Å²) in [6.07, 6.45) is 0.932. The summed E-state index contributed by atoms with van der Waals surface area (Å²) in [6, 6.07) is 47.0. The second kappa shape index (κ2) is 7.90. The lowest BCUT2D eigenvalue weighted by Gasteiger charge is -2.34. The Bertz CT molecular complexity index is 1380. The first-order valence-electron chi connectivity index (χ1n) is 11.7. The van der Waals surface area contributed by atoms with Crippen molar-refractivity contribution in [2.75, 3.05) is 0 Å². The SMILES string of the molecule is Cc1ccc(C2(c3cccc(Cc4ccccc4)c3)c3ccccc3-c3ccccc32)cc1. The normalized spacial score (nSPS) is 13.4. The molecule has 0 heteroatoms. The van der Waals surface area contributed by atoms with E-state index in [0.717, 1.165) is 6.42 Å². The summed E-state index contributed by atoms with van der Waals surface area (Å²) in [6.45, 7) is 2.16. The first-order chi connectivity index (χ1) is 16.3. The van der Waals surface area contributed by atoms with E-state index in [2.05, 4.69) is 134 Å². The van der Waals surface area contributed by atoms with Crippen LogP contribution in [-0.4, -0.2) is 0 Å². The van der Waals surface area contributed by atoms with Crippen LogP contribution in [-0.2, 0) is 11.8 Å². The van der Waals surface area contributed by atoms with Crippen molar-refractivity contribution in [2.45, 2.75) is 18.8 Å². The monoisotopic (exact) mass is 422 g/mol. The quantitative estimate of drug-likeness (QED) is 0.270. The van der Waals surface area contributed by atoms with Crippen LogP contribution in [0, 0.1) is 6.92 Å². The fourth-order valence-corrected chi connectivity index (χ4v) is 5.57. The average Bonchev–Trinajstić information content (AvgIpc) is 3.17. The van der Waals surface area contributed by atoms with Crippen LogP contribution in [0.15, 0.2) is 127 Å². The van der Waals surface area contributed by atoms with E-state index in [1.807, 2.05) is 0 Å². The minimum absolute atomic E-state index is 0.326. The molecule has 0 N–H and O–H groups in total. The van der Waals surface area contributed by atoms with Crippen molar-refractivity contribution in [2.24, 2.45) is 0 Å². The standard InChI is InChI=1S/C33H26/c1-24-18-20-27(21-19-24)33(28-13-9-12-26(23-28)22-25-10-3-2-4-11-25)31-16-7-5-14-29(31)30-15-6-8-17-32(30)33/h2-21,23H,22H2,1H3. The Morgan fingerprint density at radius 1 is 0.485 bits per heavy atom. The summed E-state index contributed by atoms with van der Waals surface area (Å²) in [5.74, 6) is 0. The Labute approximate surface area is 196 Å². The number of benzene rings is 5. The molecule has 0 spiro atoms. The van der Waals surface area contributed by atoms with Gasteiger partial charge >= 0.3 is 0 Å².